The number of carbonyl (C=O) groups excluding carboxylic acids is 3. The summed E-state index contributed by atoms with van der Waals surface area (Å²) in [6.07, 6.45) is 0. The highest BCUT2D eigenvalue weighted by Crippen LogP contribution is 2.30. The van der Waals surface area contributed by atoms with Crippen LogP contribution in [0.2, 0.25) is 0 Å². The zero-order valence-electron chi connectivity index (χ0n) is 15.5. The molecule has 0 aliphatic carbocycles. The molecule has 3 amide bonds. The van der Waals surface area contributed by atoms with Crippen molar-refractivity contribution in [2.24, 2.45) is 0 Å². The molecule has 1 atom stereocenters. The first kappa shape index (κ1) is 18.8. The van der Waals surface area contributed by atoms with Gasteiger partial charge in [-0.1, -0.05) is 38.1 Å². The van der Waals surface area contributed by atoms with Crippen molar-refractivity contribution in [3.8, 4) is 0 Å². The third-order valence-corrected chi connectivity index (χ3v) is 4.90. The number of ketones is 1. The molecule has 0 unspecified atom stereocenters. The van der Waals surface area contributed by atoms with Crippen LogP contribution in [0.25, 0.3) is 0 Å². The maximum atomic E-state index is 13.0. The van der Waals surface area contributed by atoms with Gasteiger partial charge < -0.3 is 5.32 Å². The van der Waals surface area contributed by atoms with E-state index < -0.39 is 35.6 Å². The third kappa shape index (κ3) is 3.47. The highest BCUT2D eigenvalue weighted by Gasteiger charge is 2.49. The monoisotopic (exact) mass is 368 g/mol. The second-order valence-electron chi connectivity index (χ2n) is 7.15. The summed E-state index contributed by atoms with van der Waals surface area (Å²) in [6.45, 7) is 5.37. The molecule has 0 radical (unpaired) electrons. The molecule has 0 saturated carbocycles. The topological polar surface area (TPSA) is 66.5 Å². The maximum absolute atomic E-state index is 13.0. The Morgan fingerprint density at radius 2 is 1.67 bits per heavy atom. The summed E-state index contributed by atoms with van der Waals surface area (Å²) in [7, 11) is 0. The summed E-state index contributed by atoms with van der Waals surface area (Å²) in [4.78, 5) is 38.5. The molecule has 2 aromatic carbocycles. The molecular weight excluding hydrogens is 347 g/mol. The molecule has 0 aromatic heterocycles. The van der Waals surface area contributed by atoms with Crippen molar-refractivity contribution < 1.29 is 18.8 Å². The van der Waals surface area contributed by atoms with Gasteiger partial charge in [-0.2, -0.15) is 0 Å². The van der Waals surface area contributed by atoms with E-state index in [9.17, 15) is 18.8 Å². The summed E-state index contributed by atoms with van der Waals surface area (Å²) in [5, 5.41) is 2.69. The number of amides is 3. The van der Waals surface area contributed by atoms with Crippen LogP contribution >= 0.6 is 0 Å². The molecule has 2 aromatic rings. The third-order valence-electron chi connectivity index (χ3n) is 4.90. The molecule has 5 nitrogen and oxygen atoms in total. The van der Waals surface area contributed by atoms with Crippen LogP contribution in [-0.4, -0.2) is 29.2 Å². The molecule has 6 heteroatoms. The van der Waals surface area contributed by atoms with Gasteiger partial charge in [-0.15, -0.1) is 0 Å². The quantitative estimate of drug-likeness (QED) is 0.648. The van der Waals surface area contributed by atoms with Gasteiger partial charge >= 0.3 is 6.03 Å². The van der Waals surface area contributed by atoms with Gasteiger partial charge in [0, 0.05) is 5.56 Å². The van der Waals surface area contributed by atoms with Crippen LogP contribution in [0.3, 0.4) is 0 Å². The van der Waals surface area contributed by atoms with E-state index in [0.29, 0.717) is 11.5 Å². The van der Waals surface area contributed by atoms with Crippen LogP contribution in [-0.2, 0) is 10.3 Å². The highest BCUT2D eigenvalue weighted by atomic mass is 19.1. The first-order valence-corrected chi connectivity index (χ1v) is 8.75. The standard InChI is InChI=1S/C21H21FN2O3/c1-13(2)14-4-8-16(9-5-14)21(3)19(26)24(20(27)23-21)12-18(25)15-6-10-17(22)11-7-15/h4-11,13H,12H2,1-3H3,(H,23,27)/t21-/m1/s1. The summed E-state index contributed by atoms with van der Waals surface area (Å²) in [5.41, 5.74) is 0.798. The molecule has 1 fully saturated rings. The molecule has 0 spiro atoms. The van der Waals surface area contributed by atoms with E-state index >= 15 is 0 Å². The average molecular weight is 368 g/mol. The van der Waals surface area contributed by atoms with Crippen LogP contribution in [0, 0.1) is 5.82 Å². The van der Waals surface area contributed by atoms with E-state index in [4.69, 9.17) is 0 Å². The summed E-state index contributed by atoms with van der Waals surface area (Å²) >= 11 is 0. The number of nitrogens with one attached hydrogen (secondary N) is 1. The van der Waals surface area contributed by atoms with Gasteiger partial charge in [0.15, 0.2) is 5.78 Å². The minimum Gasteiger partial charge on any atom is -0.319 e. The van der Waals surface area contributed by atoms with Crippen LogP contribution in [0.5, 0.6) is 0 Å². The summed E-state index contributed by atoms with van der Waals surface area (Å²) < 4.78 is 13.0. The Morgan fingerprint density at radius 1 is 1.07 bits per heavy atom. The fourth-order valence-corrected chi connectivity index (χ4v) is 3.11. The van der Waals surface area contributed by atoms with Gasteiger partial charge in [-0.25, -0.2) is 9.18 Å². The first-order valence-electron chi connectivity index (χ1n) is 8.75. The van der Waals surface area contributed by atoms with E-state index in [1.807, 2.05) is 24.3 Å². The average Bonchev–Trinajstić information content (AvgIpc) is 2.86. The lowest BCUT2D eigenvalue weighted by atomic mass is 9.90. The van der Waals surface area contributed by atoms with Crippen molar-refractivity contribution in [3.63, 3.8) is 0 Å². The number of urea groups is 1. The number of hydrogen-bond acceptors (Lipinski definition) is 3. The maximum Gasteiger partial charge on any atom is 0.325 e. The number of Topliss-reactive ketones (excluding diaryl/α,β-unsaturated/α-hetero) is 1. The lowest BCUT2D eigenvalue weighted by molar-refractivity contribution is -0.130. The molecule has 1 saturated heterocycles. The van der Waals surface area contributed by atoms with Gasteiger partial charge in [0.2, 0.25) is 0 Å². The molecule has 27 heavy (non-hydrogen) atoms. The molecule has 0 bridgehead atoms. The molecular formula is C21H21FN2O3. The normalized spacial score (nSPS) is 19.5. The number of nitrogens with zero attached hydrogens (tertiary/aromatic N) is 1. The van der Waals surface area contributed by atoms with Crippen molar-refractivity contribution in [2.45, 2.75) is 32.2 Å². The Bertz CT molecular complexity index is 891. The fourth-order valence-electron chi connectivity index (χ4n) is 3.11. The van der Waals surface area contributed by atoms with Gasteiger partial charge in [-0.05, 0) is 48.2 Å². The van der Waals surface area contributed by atoms with Gasteiger partial charge in [-0.3, -0.25) is 14.5 Å². The SMILES string of the molecule is CC(C)c1ccc([C@@]2(C)NC(=O)N(CC(=O)c3ccc(F)cc3)C2=O)cc1. The van der Waals surface area contributed by atoms with Gasteiger partial charge in [0.25, 0.3) is 5.91 Å². The van der Waals surface area contributed by atoms with E-state index in [2.05, 4.69) is 19.2 Å². The van der Waals surface area contributed by atoms with Gasteiger partial charge in [0.1, 0.15) is 11.4 Å². The lowest BCUT2D eigenvalue weighted by Crippen LogP contribution is -2.41. The Hall–Kier alpha value is -3.02. The number of benzene rings is 2. The predicted octanol–water partition coefficient (Wildman–Crippen LogP) is 3.60. The Balaban J connectivity index is 1.81. The lowest BCUT2D eigenvalue weighted by Gasteiger charge is -2.22. The van der Waals surface area contributed by atoms with E-state index in [-0.39, 0.29) is 5.56 Å². The van der Waals surface area contributed by atoms with E-state index in [1.54, 1.807) is 6.92 Å². The van der Waals surface area contributed by atoms with Gasteiger partial charge in [0.05, 0.1) is 6.54 Å². The van der Waals surface area contributed by atoms with Crippen LogP contribution in [0.4, 0.5) is 9.18 Å². The smallest absolute Gasteiger partial charge is 0.319 e. The van der Waals surface area contributed by atoms with E-state index in [0.717, 1.165) is 10.5 Å². The largest absolute Gasteiger partial charge is 0.325 e. The minimum atomic E-state index is -1.23. The zero-order valence-corrected chi connectivity index (χ0v) is 15.5. The Morgan fingerprint density at radius 3 is 2.22 bits per heavy atom. The van der Waals surface area contributed by atoms with Crippen molar-refractivity contribution >= 4 is 17.7 Å². The van der Waals surface area contributed by atoms with Crippen LogP contribution in [0.15, 0.2) is 48.5 Å². The Labute approximate surface area is 157 Å². The zero-order chi connectivity index (χ0) is 19.8. The predicted molar refractivity (Wildman–Crippen MR) is 98.9 cm³/mol. The molecule has 1 aliphatic rings. The molecule has 3 rings (SSSR count). The number of hydrogen-bond donors (Lipinski definition) is 1. The van der Waals surface area contributed by atoms with Crippen molar-refractivity contribution in [2.75, 3.05) is 6.54 Å². The highest BCUT2D eigenvalue weighted by molar-refractivity contribution is 6.11. The van der Waals surface area contributed by atoms with Crippen LogP contribution in [0.1, 0.15) is 48.2 Å². The number of carbonyl (C=O) groups is 3. The molecule has 1 N–H and O–H groups in total. The van der Waals surface area contributed by atoms with Crippen molar-refractivity contribution in [1.29, 1.82) is 0 Å². The molecule has 1 heterocycles. The summed E-state index contributed by atoms with van der Waals surface area (Å²) in [5.74, 6) is -1.03. The molecule has 140 valence electrons. The number of imide groups is 1. The van der Waals surface area contributed by atoms with Crippen LogP contribution < -0.4 is 5.32 Å². The fraction of sp³-hybridized carbons (Fsp3) is 0.286. The Kier molecular flexibility index (Phi) is 4.83. The summed E-state index contributed by atoms with van der Waals surface area (Å²) in [6, 6.07) is 11.9. The van der Waals surface area contributed by atoms with E-state index in [1.165, 1.54) is 24.3 Å². The minimum absolute atomic E-state index is 0.242. The number of halogens is 1. The molecule has 1 aliphatic heterocycles. The van der Waals surface area contributed by atoms with Crippen molar-refractivity contribution in [1.82, 2.24) is 10.2 Å². The second kappa shape index (κ2) is 6.95. The number of rotatable bonds is 5. The first-order chi connectivity index (χ1) is 12.7. The van der Waals surface area contributed by atoms with Crippen molar-refractivity contribution in [3.05, 3.63) is 71.0 Å². The second-order valence-corrected chi connectivity index (χ2v) is 7.15.